The summed E-state index contributed by atoms with van der Waals surface area (Å²) in [7, 11) is 1.81. The van der Waals surface area contributed by atoms with Gasteiger partial charge in [-0.25, -0.2) is 9.78 Å². The van der Waals surface area contributed by atoms with Crippen LogP contribution in [-0.4, -0.2) is 32.5 Å². The molecule has 0 spiro atoms. The van der Waals surface area contributed by atoms with E-state index in [0.717, 1.165) is 22.0 Å². The summed E-state index contributed by atoms with van der Waals surface area (Å²) in [4.78, 5) is 17.6. The van der Waals surface area contributed by atoms with Crippen LogP contribution in [0.25, 0.3) is 21.9 Å². The lowest BCUT2D eigenvalue weighted by Crippen LogP contribution is -2.29. The topological polar surface area (TPSA) is 71.2 Å². The van der Waals surface area contributed by atoms with Gasteiger partial charge in [0.1, 0.15) is 0 Å². The average Bonchev–Trinajstić information content (AvgIpc) is 2.77. The van der Waals surface area contributed by atoms with Crippen molar-refractivity contribution in [1.29, 1.82) is 0 Å². The number of carboxylic acid groups (broad SMARTS) is 1. The molecule has 2 heterocycles. The van der Waals surface area contributed by atoms with Gasteiger partial charge in [0, 0.05) is 19.0 Å². The van der Waals surface area contributed by atoms with Crippen molar-refractivity contribution in [3.63, 3.8) is 0 Å². The number of benzene rings is 1. The monoisotopic (exact) mass is 296 g/mol. The van der Waals surface area contributed by atoms with Crippen LogP contribution in [0.4, 0.5) is 10.5 Å². The van der Waals surface area contributed by atoms with E-state index in [1.807, 2.05) is 31.2 Å². The van der Waals surface area contributed by atoms with Gasteiger partial charge in [-0.05, 0) is 13.0 Å². The fourth-order valence-electron chi connectivity index (χ4n) is 2.75. The molecule has 3 aromatic rings. The second-order valence-corrected chi connectivity index (χ2v) is 5.07. The molecule has 0 atom stereocenters. The molecule has 0 bridgehead atoms. The minimum atomic E-state index is -1.03. The molecular weight excluding hydrogens is 280 g/mol. The maximum Gasteiger partial charge on any atom is 0.412 e. The first-order chi connectivity index (χ1) is 10.5. The number of carbonyl (C=O) groups is 1. The highest BCUT2D eigenvalue weighted by Crippen LogP contribution is 2.35. The average molecular weight is 296 g/mol. The van der Waals surface area contributed by atoms with Crippen LogP contribution in [0.15, 0.2) is 36.9 Å². The predicted octanol–water partition coefficient (Wildman–Crippen LogP) is 3.10. The summed E-state index contributed by atoms with van der Waals surface area (Å²) in [6.45, 7) is 5.71. The molecule has 6 heteroatoms. The summed E-state index contributed by atoms with van der Waals surface area (Å²) in [5.74, 6) is 0. The molecule has 6 nitrogen and oxygen atoms in total. The van der Waals surface area contributed by atoms with Gasteiger partial charge in [-0.15, -0.1) is 6.58 Å². The van der Waals surface area contributed by atoms with E-state index in [9.17, 15) is 9.90 Å². The van der Waals surface area contributed by atoms with Crippen molar-refractivity contribution < 1.29 is 9.90 Å². The summed E-state index contributed by atoms with van der Waals surface area (Å²) in [5.41, 5.74) is 2.77. The molecule has 1 aromatic carbocycles. The van der Waals surface area contributed by atoms with Crippen molar-refractivity contribution in [3.05, 3.63) is 42.6 Å². The van der Waals surface area contributed by atoms with Crippen molar-refractivity contribution in [2.24, 2.45) is 7.05 Å². The van der Waals surface area contributed by atoms with Crippen LogP contribution in [0.2, 0.25) is 0 Å². The van der Waals surface area contributed by atoms with E-state index in [2.05, 4.69) is 16.7 Å². The van der Waals surface area contributed by atoms with Gasteiger partial charge in [0.15, 0.2) is 5.65 Å². The number of nitrogens with zero attached hydrogens (tertiary/aromatic N) is 4. The molecule has 112 valence electrons. The number of hydrogen-bond donors (Lipinski definition) is 1. The lowest BCUT2D eigenvalue weighted by molar-refractivity contribution is 0.202. The Bertz CT molecular complexity index is 898. The first-order valence-corrected chi connectivity index (χ1v) is 6.88. The number of hydrogen-bond acceptors (Lipinski definition) is 3. The maximum atomic E-state index is 11.7. The van der Waals surface area contributed by atoms with E-state index >= 15 is 0 Å². The number of para-hydroxylation sites is 1. The number of anilines is 1. The van der Waals surface area contributed by atoms with Crippen LogP contribution in [0.5, 0.6) is 0 Å². The SMILES string of the molecule is C=CCN(C(=O)O)c1c2ccccc2nc2c1c(C)nn2C. The third-order valence-corrected chi connectivity index (χ3v) is 3.63. The Hall–Kier alpha value is -2.89. The molecule has 0 fully saturated rings. The Labute approximate surface area is 127 Å². The molecule has 0 aliphatic carbocycles. The van der Waals surface area contributed by atoms with Crippen molar-refractivity contribution >= 4 is 33.7 Å². The maximum absolute atomic E-state index is 11.7. The quantitative estimate of drug-likeness (QED) is 0.754. The van der Waals surface area contributed by atoms with Gasteiger partial charge >= 0.3 is 6.09 Å². The molecule has 0 saturated carbocycles. The zero-order valence-electron chi connectivity index (χ0n) is 12.4. The molecule has 0 unspecified atom stereocenters. The van der Waals surface area contributed by atoms with Gasteiger partial charge in [-0.2, -0.15) is 5.10 Å². The Morgan fingerprint density at radius 1 is 1.45 bits per heavy atom. The fraction of sp³-hybridized carbons (Fsp3) is 0.188. The fourth-order valence-corrected chi connectivity index (χ4v) is 2.75. The number of aryl methyl sites for hydroxylation is 2. The third-order valence-electron chi connectivity index (χ3n) is 3.63. The summed E-state index contributed by atoms with van der Waals surface area (Å²) in [6.07, 6.45) is 0.543. The van der Waals surface area contributed by atoms with Gasteiger partial charge in [-0.1, -0.05) is 24.3 Å². The van der Waals surface area contributed by atoms with Crippen molar-refractivity contribution in [1.82, 2.24) is 14.8 Å². The predicted molar refractivity (Wildman–Crippen MR) is 86.3 cm³/mol. The van der Waals surface area contributed by atoms with Crippen molar-refractivity contribution in [3.8, 4) is 0 Å². The second kappa shape index (κ2) is 5.14. The molecular formula is C16H16N4O2. The van der Waals surface area contributed by atoms with E-state index in [1.54, 1.807) is 17.8 Å². The smallest absolute Gasteiger partial charge is 0.412 e. The normalized spacial score (nSPS) is 11.0. The van der Waals surface area contributed by atoms with Gasteiger partial charge in [-0.3, -0.25) is 9.58 Å². The highest BCUT2D eigenvalue weighted by molar-refractivity contribution is 6.12. The van der Waals surface area contributed by atoms with Gasteiger partial charge < -0.3 is 5.11 Å². The summed E-state index contributed by atoms with van der Waals surface area (Å²) in [5, 5.41) is 15.5. The van der Waals surface area contributed by atoms with E-state index in [1.165, 1.54) is 4.90 Å². The minimum absolute atomic E-state index is 0.201. The van der Waals surface area contributed by atoms with Crippen LogP contribution in [0.1, 0.15) is 5.69 Å². The molecule has 2 aromatic heterocycles. The van der Waals surface area contributed by atoms with Gasteiger partial charge in [0.05, 0.1) is 22.3 Å². The third kappa shape index (κ3) is 2.00. The van der Waals surface area contributed by atoms with E-state index in [4.69, 9.17) is 0 Å². The molecule has 0 saturated heterocycles. The Kier molecular flexibility index (Phi) is 3.29. The summed E-state index contributed by atoms with van der Waals surface area (Å²) < 4.78 is 1.68. The highest BCUT2D eigenvalue weighted by Gasteiger charge is 2.23. The molecule has 0 aliphatic rings. The van der Waals surface area contributed by atoms with E-state index in [-0.39, 0.29) is 6.54 Å². The molecule has 1 amide bonds. The lowest BCUT2D eigenvalue weighted by Gasteiger charge is -2.20. The zero-order chi connectivity index (χ0) is 15.9. The van der Waals surface area contributed by atoms with Gasteiger partial charge in [0.25, 0.3) is 0 Å². The van der Waals surface area contributed by atoms with Crippen LogP contribution >= 0.6 is 0 Å². The molecule has 22 heavy (non-hydrogen) atoms. The van der Waals surface area contributed by atoms with E-state index < -0.39 is 6.09 Å². The second-order valence-electron chi connectivity index (χ2n) is 5.07. The van der Waals surface area contributed by atoms with Gasteiger partial charge in [0.2, 0.25) is 0 Å². The summed E-state index contributed by atoms with van der Waals surface area (Å²) >= 11 is 0. The lowest BCUT2D eigenvalue weighted by atomic mass is 10.1. The van der Waals surface area contributed by atoms with Crippen LogP contribution in [0.3, 0.4) is 0 Å². The Balaban J connectivity index is 2.50. The molecule has 0 aliphatic heterocycles. The van der Waals surface area contributed by atoms with Crippen LogP contribution in [-0.2, 0) is 7.05 Å². The first kappa shape index (κ1) is 14.1. The minimum Gasteiger partial charge on any atom is -0.465 e. The number of fused-ring (bicyclic) bond motifs is 2. The molecule has 1 N–H and O–H groups in total. The largest absolute Gasteiger partial charge is 0.465 e. The van der Waals surface area contributed by atoms with Crippen LogP contribution < -0.4 is 4.90 Å². The standard InChI is InChI=1S/C16H16N4O2/c1-4-9-20(16(21)22)14-11-7-5-6-8-12(11)17-15-13(14)10(2)18-19(15)3/h4-8H,1,9H2,2-3H3,(H,21,22). The number of rotatable bonds is 3. The van der Waals surface area contributed by atoms with E-state index in [0.29, 0.717) is 11.3 Å². The zero-order valence-corrected chi connectivity index (χ0v) is 12.4. The number of amides is 1. The molecule has 0 radical (unpaired) electrons. The van der Waals surface area contributed by atoms with Crippen LogP contribution in [0, 0.1) is 6.92 Å². The highest BCUT2D eigenvalue weighted by atomic mass is 16.4. The number of pyridine rings is 1. The Morgan fingerprint density at radius 3 is 2.86 bits per heavy atom. The Morgan fingerprint density at radius 2 is 2.18 bits per heavy atom. The van der Waals surface area contributed by atoms with Crippen molar-refractivity contribution in [2.45, 2.75) is 6.92 Å². The molecule has 3 rings (SSSR count). The number of aromatic nitrogens is 3. The van der Waals surface area contributed by atoms with Crippen molar-refractivity contribution in [2.75, 3.05) is 11.4 Å². The summed E-state index contributed by atoms with van der Waals surface area (Å²) in [6, 6.07) is 7.50. The first-order valence-electron chi connectivity index (χ1n) is 6.88.